The average Bonchev–Trinajstić information content (AvgIpc) is 3.61. The molecule has 1 amide bonds. The predicted molar refractivity (Wildman–Crippen MR) is 129 cm³/mol. The zero-order valence-corrected chi connectivity index (χ0v) is 19.2. The van der Waals surface area contributed by atoms with E-state index in [0.717, 1.165) is 37.3 Å². The van der Waals surface area contributed by atoms with Gasteiger partial charge in [0.25, 0.3) is 5.91 Å². The third kappa shape index (κ3) is 3.45. The second-order valence-electron chi connectivity index (χ2n) is 8.86. The summed E-state index contributed by atoms with van der Waals surface area (Å²) in [6.45, 7) is 2.25. The first kappa shape index (κ1) is 21.2. The number of likely N-dealkylation sites (tertiary alicyclic amines) is 1. The SMILES string of the molecule is O=C1c2oc3ccccc3c(=O)c2[C@@H](c2ccc(Cl)cc2)N1C[C@H](c1ccco1)N1CCCC1. The molecular formula is C27H23ClN2O4. The molecule has 4 aromatic rings. The monoisotopic (exact) mass is 474 g/mol. The smallest absolute Gasteiger partial charge is 0.290 e. The van der Waals surface area contributed by atoms with Crippen molar-refractivity contribution >= 4 is 28.5 Å². The molecule has 6 rings (SSSR count). The Morgan fingerprint density at radius 3 is 2.47 bits per heavy atom. The molecule has 0 unspecified atom stereocenters. The van der Waals surface area contributed by atoms with Crippen molar-refractivity contribution < 1.29 is 13.6 Å². The van der Waals surface area contributed by atoms with Gasteiger partial charge in [0, 0.05) is 11.6 Å². The molecule has 0 bridgehead atoms. The first-order chi connectivity index (χ1) is 16.6. The maximum absolute atomic E-state index is 13.8. The Labute approximate surface area is 201 Å². The highest BCUT2D eigenvalue weighted by molar-refractivity contribution is 6.30. The van der Waals surface area contributed by atoms with E-state index in [4.69, 9.17) is 20.4 Å². The molecule has 1 saturated heterocycles. The van der Waals surface area contributed by atoms with Crippen molar-refractivity contribution in [3.05, 3.63) is 105 Å². The summed E-state index contributed by atoms with van der Waals surface area (Å²) in [5, 5.41) is 1.06. The van der Waals surface area contributed by atoms with Gasteiger partial charge in [0.15, 0.2) is 5.43 Å². The summed E-state index contributed by atoms with van der Waals surface area (Å²) in [4.78, 5) is 31.5. The summed E-state index contributed by atoms with van der Waals surface area (Å²) in [7, 11) is 0. The number of hydrogen-bond donors (Lipinski definition) is 0. The molecule has 0 aliphatic carbocycles. The molecule has 2 aliphatic heterocycles. The topological polar surface area (TPSA) is 66.9 Å². The van der Waals surface area contributed by atoms with Crippen LogP contribution in [0.15, 0.2) is 80.6 Å². The highest BCUT2D eigenvalue weighted by Gasteiger charge is 2.44. The maximum atomic E-state index is 13.8. The molecule has 1 fully saturated rings. The third-order valence-corrected chi connectivity index (χ3v) is 7.13. The Morgan fingerprint density at radius 2 is 1.74 bits per heavy atom. The van der Waals surface area contributed by atoms with Gasteiger partial charge in [-0.15, -0.1) is 0 Å². The summed E-state index contributed by atoms with van der Waals surface area (Å²) >= 11 is 6.15. The number of hydrogen-bond acceptors (Lipinski definition) is 5. The van der Waals surface area contributed by atoms with Crippen LogP contribution in [0.5, 0.6) is 0 Å². The van der Waals surface area contributed by atoms with Crippen molar-refractivity contribution in [2.75, 3.05) is 19.6 Å². The van der Waals surface area contributed by atoms with Crippen LogP contribution in [0.25, 0.3) is 11.0 Å². The normalized spacial score (nSPS) is 19.1. The molecule has 7 heteroatoms. The van der Waals surface area contributed by atoms with Crippen molar-refractivity contribution in [3.63, 3.8) is 0 Å². The van der Waals surface area contributed by atoms with E-state index in [1.807, 2.05) is 24.3 Å². The lowest BCUT2D eigenvalue weighted by Gasteiger charge is -2.33. The van der Waals surface area contributed by atoms with Crippen LogP contribution in [0.4, 0.5) is 0 Å². The largest absolute Gasteiger partial charge is 0.468 e. The highest BCUT2D eigenvalue weighted by Crippen LogP contribution is 2.40. The van der Waals surface area contributed by atoms with Crippen LogP contribution in [0, 0.1) is 0 Å². The number of amides is 1. The average molecular weight is 475 g/mol. The fourth-order valence-electron chi connectivity index (χ4n) is 5.25. The molecule has 4 heterocycles. The maximum Gasteiger partial charge on any atom is 0.290 e. The number of nitrogens with zero attached hydrogens (tertiary/aromatic N) is 2. The molecule has 2 aromatic heterocycles. The lowest BCUT2D eigenvalue weighted by Crippen LogP contribution is -2.39. The fraction of sp³-hybridized carbons (Fsp3) is 0.259. The van der Waals surface area contributed by atoms with Crippen LogP contribution in [0.3, 0.4) is 0 Å². The van der Waals surface area contributed by atoms with E-state index < -0.39 is 6.04 Å². The number of rotatable bonds is 5. The van der Waals surface area contributed by atoms with Crippen LogP contribution in [-0.2, 0) is 0 Å². The predicted octanol–water partition coefficient (Wildman–Crippen LogP) is 5.42. The van der Waals surface area contributed by atoms with E-state index in [1.165, 1.54) is 0 Å². The molecule has 0 spiro atoms. The van der Waals surface area contributed by atoms with Gasteiger partial charge in [-0.2, -0.15) is 0 Å². The molecule has 0 radical (unpaired) electrons. The third-order valence-electron chi connectivity index (χ3n) is 6.88. The Bertz CT molecular complexity index is 1410. The minimum atomic E-state index is -0.569. The summed E-state index contributed by atoms with van der Waals surface area (Å²) < 4.78 is 11.8. The quantitative estimate of drug-likeness (QED) is 0.386. The molecule has 34 heavy (non-hydrogen) atoms. The molecule has 172 valence electrons. The van der Waals surface area contributed by atoms with Crippen LogP contribution < -0.4 is 5.43 Å². The lowest BCUT2D eigenvalue weighted by molar-refractivity contribution is 0.0644. The minimum absolute atomic E-state index is 0.114. The van der Waals surface area contributed by atoms with Gasteiger partial charge in [0.1, 0.15) is 11.3 Å². The van der Waals surface area contributed by atoms with Gasteiger partial charge in [0.05, 0.1) is 29.3 Å². The van der Waals surface area contributed by atoms with Gasteiger partial charge in [-0.05, 0) is 67.9 Å². The van der Waals surface area contributed by atoms with E-state index in [-0.39, 0.29) is 23.1 Å². The first-order valence-electron chi connectivity index (χ1n) is 11.5. The summed E-state index contributed by atoms with van der Waals surface area (Å²) in [5.74, 6) is 0.641. The van der Waals surface area contributed by atoms with Crippen LogP contribution >= 0.6 is 11.6 Å². The molecule has 0 N–H and O–H groups in total. The van der Waals surface area contributed by atoms with Crippen molar-refractivity contribution in [2.45, 2.75) is 24.9 Å². The Kier molecular flexibility index (Phi) is 5.27. The molecule has 2 aromatic carbocycles. The number of para-hydroxylation sites is 1. The van der Waals surface area contributed by atoms with E-state index in [1.54, 1.807) is 47.6 Å². The van der Waals surface area contributed by atoms with E-state index in [9.17, 15) is 9.59 Å². The lowest BCUT2D eigenvalue weighted by atomic mass is 9.98. The molecule has 2 aliphatic rings. The van der Waals surface area contributed by atoms with Gasteiger partial charge < -0.3 is 13.7 Å². The first-order valence-corrected chi connectivity index (χ1v) is 11.9. The van der Waals surface area contributed by atoms with E-state index >= 15 is 0 Å². The minimum Gasteiger partial charge on any atom is -0.468 e. The van der Waals surface area contributed by atoms with Gasteiger partial charge in [-0.1, -0.05) is 35.9 Å². The zero-order chi connectivity index (χ0) is 23.2. The van der Waals surface area contributed by atoms with Gasteiger partial charge in [-0.25, -0.2) is 0 Å². The van der Waals surface area contributed by atoms with Crippen LogP contribution in [-0.4, -0.2) is 35.3 Å². The Balaban J connectivity index is 1.50. The van der Waals surface area contributed by atoms with Gasteiger partial charge in [-0.3, -0.25) is 14.5 Å². The number of carbonyl (C=O) groups is 1. The van der Waals surface area contributed by atoms with Gasteiger partial charge in [0.2, 0.25) is 5.76 Å². The number of carbonyl (C=O) groups excluding carboxylic acids is 1. The standard InChI is InChI=1S/C27H23ClN2O4/c28-18-11-9-17(10-12-18)24-23-25(31)19-6-1-2-7-21(19)34-26(23)27(32)30(24)16-20(22-8-5-15-33-22)29-13-3-4-14-29/h1-2,5-12,15,20,24H,3-4,13-14,16H2/t20-,24-/m1/s1. The molecule has 0 saturated carbocycles. The van der Waals surface area contributed by atoms with Gasteiger partial charge >= 0.3 is 0 Å². The van der Waals surface area contributed by atoms with Crippen molar-refractivity contribution in [1.29, 1.82) is 0 Å². The number of fused-ring (bicyclic) bond motifs is 2. The van der Waals surface area contributed by atoms with E-state index in [0.29, 0.717) is 28.1 Å². The van der Waals surface area contributed by atoms with Crippen molar-refractivity contribution in [1.82, 2.24) is 9.80 Å². The second-order valence-corrected chi connectivity index (χ2v) is 9.29. The molecular weight excluding hydrogens is 452 g/mol. The number of furan rings is 1. The second kappa shape index (κ2) is 8.46. The molecule has 6 nitrogen and oxygen atoms in total. The van der Waals surface area contributed by atoms with Crippen LogP contribution in [0.2, 0.25) is 5.02 Å². The zero-order valence-electron chi connectivity index (χ0n) is 18.4. The number of benzene rings is 2. The van der Waals surface area contributed by atoms with Crippen molar-refractivity contribution in [2.24, 2.45) is 0 Å². The Hall–Kier alpha value is -3.35. The van der Waals surface area contributed by atoms with E-state index in [2.05, 4.69) is 4.90 Å². The highest BCUT2D eigenvalue weighted by atomic mass is 35.5. The summed E-state index contributed by atoms with van der Waals surface area (Å²) in [6.07, 6.45) is 3.88. The Morgan fingerprint density at radius 1 is 0.971 bits per heavy atom. The fourth-order valence-corrected chi connectivity index (χ4v) is 5.38. The summed E-state index contributed by atoms with van der Waals surface area (Å²) in [6, 6.07) is 17.5. The molecule has 2 atom stereocenters. The summed E-state index contributed by atoms with van der Waals surface area (Å²) in [5.41, 5.74) is 1.44. The van der Waals surface area contributed by atoms with Crippen LogP contribution in [0.1, 0.15) is 52.4 Å². The number of halogens is 1. The van der Waals surface area contributed by atoms with Crippen molar-refractivity contribution in [3.8, 4) is 0 Å².